The second kappa shape index (κ2) is 9.33. The third-order valence-electron chi connectivity index (χ3n) is 6.15. The molecule has 4 rings (SSSR count). The van der Waals surface area contributed by atoms with Gasteiger partial charge in [0.05, 0.1) is 0 Å². The molecule has 31 heavy (non-hydrogen) atoms. The fourth-order valence-corrected chi connectivity index (χ4v) is 4.17. The number of benzene rings is 2. The van der Waals surface area contributed by atoms with E-state index in [1.165, 1.54) is 0 Å². The highest BCUT2D eigenvalue weighted by Gasteiger charge is 2.30. The van der Waals surface area contributed by atoms with Crippen LogP contribution in [0.1, 0.15) is 43.5 Å². The summed E-state index contributed by atoms with van der Waals surface area (Å²) in [7, 11) is 0. The van der Waals surface area contributed by atoms with E-state index in [0.717, 1.165) is 36.9 Å². The number of nitrogens with one attached hydrogen (secondary N) is 1. The molecule has 6 nitrogen and oxygen atoms in total. The van der Waals surface area contributed by atoms with Crippen LogP contribution in [0.15, 0.2) is 52.9 Å². The van der Waals surface area contributed by atoms with Crippen LogP contribution in [-0.2, 0) is 4.79 Å². The largest absolute Gasteiger partial charge is 0.436 e. The molecule has 1 atom stereocenters. The quantitative estimate of drug-likeness (QED) is 0.638. The number of nitrogens with zero attached hydrogens (tertiary/aromatic N) is 2. The lowest BCUT2D eigenvalue weighted by molar-refractivity contribution is -0.126. The number of rotatable bonds is 6. The minimum atomic E-state index is -0.0225. The standard InChI is InChI=1S/C25H29N3O3/c1-3-13-26-23(29)17(2)18-11-14-28(15-12-18)25(30)20-9-10-21-22(16-20)31-24(27-21)19-7-5-4-6-8-19/h4-10,16-18H,3,11-15H2,1-2H3,(H,26,29). The van der Waals surface area contributed by atoms with Crippen molar-refractivity contribution in [2.24, 2.45) is 11.8 Å². The zero-order valence-corrected chi connectivity index (χ0v) is 18.1. The molecule has 0 saturated carbocycles. The van der Waals surface area contributed by atoms with E-state index < -0.39 is 0 Å². The zero-order valence-electron chi connectivity index (χ0n) is 18.1. The van der Waals surface area contributed by atoms with E-state index in [9.17, 15) is 9.59 Å². The molecule has 1 aromatic heterocycles. The number of aromatic nitrogens is 1. The highest BCUT2D eigenvalue weighted by Crippen LogP contribution is 2.28. The second-order valence-electron chi connectivity index (χ2n) is 8.28. The SMILES string of the molecule is CCCNC(=O)C(C)C1CCN(C(=O)c2ccc3nc(-c4ccccc4)oc3c2)CC1. The van der Waals surface area contributed by atoms with Gasteiger partial charge in [0.2, 0.25) is 11.8 Å². The summed E-state index contributed by atoms with van der Waals surface area (Å²) in [6.45, 7) is 6.09. The van der Waals surface area contributed by atoms with Crippen LogP contribution >= 0.6 is 0 Å². The van der Waals surface area contributed by atoms with Gasteiger partial charge in [0.25, 0.3) is 5.91 Å². The maximum absolute atomic E-state index is 13.1. The van der Waals surface area contributed by atoms with Crippen LogP contribution in [0.25, 0.3) is 22.6 Å². The number of piperidine rings is 1. The lowest BCUT2D eigenvalue weighted by atomic mass is 9.84. The predicted molar refractivity (Wildman–Crippen MR) is 121 cm³/mol. The van der Waals surface area contributed by atoms with E-state index >= 15 is 0 Å². The predicted octanol–water partition coefficient (Wildman–Crippen LogP) is 4.51. The Labute approximate surface area is 182 Å². The van der Waals surface area contributed by atoms with Crippen molar-refractivity contribution >= 4 is 22.9 Å². The summed E-state index contributed by atoms with van der Waals surface area (Å²) in [4.78, 5) is 31.7. The van der Waals surface area contributed by atoms with Gasteiger partial charge in [0, 0.05) is 36.7 Å². The molecule has 1 aliphatic heterocycles. The summed E-state index contributed by atoms with van der Waals surface area (Å²) in [6, 6.07) is 15.2. The van der Waals surface area contributed by atoms with Crippen LogP contribution in [0.5, 0.6) is 0 Å². The molecule has 162 valence electrons. The number of hydrogen-bond acceptors (Lipinski definition) is 4. The fraction of sp³-hybridized carbons (Fsp3) is 0.400. The number of amides is 2. The summed E-state index contributed by atoms with van der Waals surface area (Å²) in [5, 5.41) is 2.98. The molecule has 1 saturated heterocycles. The average Bonchev–Trinajstić information content (AvgIpc) is 3.26. The van der Waals surface area contributed by atoms with Crippen LogP contribution < -0.4 is 5.32 Å². The van der Waals surface area contributed by atoms with Gasteiger partial charge in [0.15, 0.2) is 5.58 Å². The number of likely N-dealkylation sites (tertiary alicyclic amines) is 1. The van der Waals surface area contributed by atoms with E-state index in [4.69, 9.17) is 4.42 Å². The molecule has 1 unspecified atom stereocenters. The monoisotopic (exact) mass is 419 g/mol. The summed E-state index contributed by atoms with van der Waals surface area (Å²) >= 11 is 0. The van der Waals surface area contributed by atoms with E-state index in [-0.39, 0.29) is 17.7 Å². The van der Waals surface area contributed by atoms with Crippen LogP contribution in [0, 0.1) is 11.8 Å². The minimum absolute atomic E-state index is 0.00102. The molecular formula is C25H29N3O3. The molecule has 2 heterocycles. The van der Waals surface area contributed by atoms with Crippen LogP contribution in [0.3, 0.4) is 0 Å². The van der Waals surface area contributed by atoms with Gasteiger partial charge >= 0.3 is 0 Å². The number of carbonyl (C=O) groups is 2. The number of oxazole rings is 1. The van der Waals surface area contributed by atoms with Crippen molar-refractivity contribution in [1.29, 1.82) is 0 Å². The van der Waals surface area contributed by atoms with Crippen molar-refractivity contribution < 1.29 is 14.0 Å². The van der Waals surface area contributed by atoms with E-state index in [1.54, 1.807) is 6.07 Å². The summed E-state index contributed by atoms with van der Waals surface area (Å²) < 4.78 is 5.91. The summed E-state index contributed by atoms with van der Waals surface area (Å²) in [6.07, 6.45) is 2.62. The minimum Gasteiger partial charge on any atom is -0.436 e. The number of fused-ring (bicyclic) bond motifs is 1. The lowest BCUT2D eigenvalue weighted by Gasteiger charge is -2.34. The Bertz CT molecular complexity index is 1050. The first kappa shape index (κ1) is 21.1. The highest BCUT2D eigenvalue weighted by atomic mass is 16.3. The lowest BCUT2D eigenvalue weighted by Crippen LogP contribution is -2.42. The molecule has 6 heteroatoms. The van der Waals surface area contributed by atoms with E-state index in [1.807, 2.05) is 61.2 Å². The smallest absolute Gasteiger partial charge is 0.253 e. The molecule has 3 aromatic rings. The van der Waals surface area contributed by atoms with Gasteiger partial charge in [-0.25, -0.2) is 4.98 Å². The van der Waals surface area contributed by atoms with Gasteiger partial charge in [-0.15, -0.1) is 0 Å². The molecule has 2 aromatic carbocycles. The molecule has 1 fully saturated rings. The van der Waals surface area contributed by atoms with Crippen molar-refractivity contribution in [1.82, 2.24) is 15.2 Å². The van der Waals surface area contributed by atoms with Crippen molar-refractivity contribution in [3.8, 4) is 11.5 Å². The Balaban J connectivity index is 1.41. The molecule has 0 spiro atoms. The number of hydrogen-bond donors (Lipinski definition) is 1. The topological polar surface area (TPSA) is 75.4 Å². The van der Waals surface area contributed by atoms with Crippen molar-refractivity contribution in [3.63, 3.8) is 0 Å². The maximum Gasteiger partial charge on any atom is 0.253 e. The molecule has 2 amide bonds. The van der Waals surface area contributed by atoms with Crippen molar-refractivity contribution in [3.05, 3.63) is 54.1 Å². The number of carbonyl (C=O) groups excluding carboxylic acids is 2. The summed E-state index contributed by atoms with van der Waals surface area (Å²) in [5.74, 6) is 0.964. The molecule has 1 aliphatic rings. The maximum atomic E-state index is 13.1. The van der Waals surface area contributed by atoms with Gasteiger partial charge < -0.3 is 14.6 Å². The van der Waals surface area contributed by atoms with Crippen LogP contribution in [-0.4, -0.2) is 41.3 Å². The third kappa shape index (κ3) is 4.63. The summed E-state index contributed by atoms with van der Waals surface area (Å²) in [5.41, 5.74) is 2.86. The molecule has 0 bridgehead atoms. The van der Waals surface area contributed by atoms with Gasteiger partial charge in [-0.2, -0.15) is 0 Å². The van der Waals surface area contributed by atoms with Gasteiger partial charge in [0.1, 0.15) is 5.52 Å². The first-order valence-corrected chi connectivity index (χ1v) is 11.1. The molecule has 1 N–H and O–H groups in total. The Morgan fingerprint density at radius 2 is 1.90 bits per heavy atom. The second-order valence-corrected chi connectivity index (χ2v) is 8.28. The van der Waals surface area contributed by atoms with Gasteiger partial charge in [-0.3, -0.25) is 9.59 Å². The van der Waals surface area contributed by atoms with Crippen molar-refractivity contribution in [2.75, 3.05) is 19.6 Å². The Hall–Kier alpha value is -3.15. The molecule has 0 radical (unpaired) electrons. The Kier molecular flexibility index (Phi) is 6.35. The molecule has 0 aliphatic carbocycles. The third-order valence-corrected chi connectivity index (χ3v) is 6.15. The Morgan fingerprint density at radius 1 is 1.16 bits per heavy atom. The Morgan fingerprint density at radius 3 is 2.61 bits per heavy atom. The molecular weight excluding hydrogens is 390 g/mol. The first-order chi connectivity index (χ1) is 15.1. The van der Waals surface area contributed by atoms with Crippen LogP contribution in [0.4, 0.5) is 0 Å². The van der Waals surface area contributed by atoms with Gasteiger partial charge in [-0.05, 0) is 55.5 Å². The average molecular weight is 420 g/mol. The first-order valence-electron chi connectivity index (χ1n) is 11.1. The normalized spacial score (nSPS) is 15.7. The van der Waals surface area contributed by atoms with Crippen LogP contribution in [0.2, 0.25) is 0 Å². The highest BCUT2D eigenvalue weighted by molar-refractivity contribution is 5.97. The fourth-order valence-electron chi connectivity index (χ4n) is 4.17. The van der Waals surface area contributed by atoms with E-state index in [2.05, 4.69) is 10.3 Å². The zero-order chi connectivity index (χ0) is 21.8. The van der Waals surface area contributed by atoms with E-state index in [0.29, 0.717) is 36.0 Å². The van der Waals surface area contributed by atoms with Crippen molar-refractivity contribution in [2.45, 2.75) is 33.1 Å². The van der Waals surface area contributed by atoms with Gasteiger partial charge in [-0.1, -0.05) is 32.0 Å².